The fourth-order valence-corrected chi connectivity index (χ4v) is 3.93. The molecule has 1 fully saturated rings. The molecule has 0 bridgehead atoms. The van der Waals surface area contributed by atoms with Crippen LogP contribution in [0.2, 0.25) is 0 Å². The lowest BCUT2D eigenvalue weighted by Crippen LogP contribution is -2.46. The molecule has 0 aliphatic carbocycles. The Kier molecular flexibility index (Phi) is 6.76. The van der Waals surface area contributed by atoms with Crippen molar-refractivity contribution in [2.75, 3.05) is 32.8 Å². The van der Waals surface area contributed by atoms with Crippen LogP contribution < -0.4 is 10.6 Å². The monoisotopic (exact) mass is 392 g/mol. The van der Waals surface area contributed by atoms with E-state index in [2.05, 4.69) is 20.5 Å². The van der Waals surface area contributed by atoms with Gasteiger partial charge in [-0.15, -0.1) is 11.3 Å². The number of aromatic nitrogens is 1. The molecule has 6 nitrogen and oxygen atoms in total. The van der Waals surface area contributed by atoms with Crippen molar-refractivity contribution in [1.29, 1.82) is 0 Å². The van der Waals surface area contributed by atoms with Gasteiger partial charge in [0.2, 0.25) is 0 Å². The van der Waals surface area contributed by atoms with Crippen molar-refractivity contribution in [3.63, 3.8) is 0 Å². The molecule has 2 heterocycles. The van der Waals surface area contributed by atoms with E-state index in [-0.39, 0.29) is 23.9 Å². The molecule has 1 aromatic heterocycles. The summed E-state index contributed by atoms with van der Waals surface area (Å²) in [5, 5.41) is 8.67. The van der Waals surface area contributed by atoms with Gasteiger partial charge in [0, 0.05) is 30.7 Å². The molecule has 2 atom stereocenters. The van der Waals surface area contributed by atoms with E-state index >= 15 is 0 Å². The number of amides is 2. The predicted octanol–water partition coefficient (Wildman–Crippen LogP) is 3.02. The SMILES string of the molecule is Cc1csc(C(C)NC(=O)NCC(c2cccc(F)c2)N2CCOCC2)n1. The van der Waals surface area contributed by atoms with Crippen LogP contribution in [0.15, 0.2) is 29.6 Å². The number of urea groups is 1. The Morgan fingerprint density at radius 1 is 1.41 bits per heavy atom. The minimum absolute atomic E-state index is 0.104. The molecule has 8 heteroatoms. The molecule has 3 rings (SSSR count). The van der Waals surface area contributed by atoms with Crippen LogP contribution in [-0.2, 0) is 4.74 Å². The third kappa shape index (κ3) is 5.47. The normalized spacial score (nSPS) is 17.3. The van der Waals surface area contributed by atoms with E-state index < -0.39 is 0 Å². The van der Waals surface area contributed by atoms with Gasteiger partial charge >= 0.3 is 6.03 Å². The lowest BCUT2D eigenvalue weighted by Gasteiger charge is -2.35. The number of benzene rings is 1. The van der Waals surface area contributed by atoms with Gasteiger partial charge in [0.15, 0.2) is 0 Å². The number of carbonyl (C=O) groups is 1. The number of carbonyl (C=O) groups excluding carboxylic acids is 1. The van der Waals surface area contributed by atoms with Gasteiger partial charge in [0.25, 0.3) is 0 Å². The summed E-state index contributed by atoms with van der Waals surface area (Å²) in [4.78, 5) is 19.0. The smallest absolute Gasteiger partial charge is 0.315 e. The second-order valence-electron chi connectivity index (χ2n) is 6.62. The van der Waals surface area contributed by atoms with Crippen LogP contribution in [0.5, 0.6) is 0 Å². The second-order valence-corrected chi connectivity index (χ2v) is 7.51. The lowest BCUT2D eigenvalue weighted by molar-refractivity contribution is 0.0166. The Labute approximate surface area is 162 Å². The summed E-state index contributed by atoms with van der Waals surface area (Å²) in [6, 6.07) is 6.02. The summed E-state index contributed by atoms with van der Waals surface area (Å²) < 4.78 is 19.1. The van der Waals surface area contributed by atoms with Crippen molar-refractivity contribution in [2.45, 2.75) is 25.9 Å². The molecule has 27 heavy (non-hydrogen) atoms. The quantitative estimate of drug-likeness (QED) is 0.793. The number of aryl methyl sites for hydroxylation is 1. The average Bonchev–Trinajstić information content (AvgIpc) is 3.09. The van der Waals surface area contributed by atoms with E-state index in [1.165, 1.54) is 23.5 Å². The number of halogens is 1. The van der Waals surface area contributed by atoms with Crippen molar-refractivity contribution in [3.05, 3.63) is 51.7 Å². The maximum absolute atomic E-state index is 13.7. The van der Waals surface area contributed by atoms with Crippen LogP contribution in [0.1, 0.15) is 35.3 Å². The van der Waals surface area contributed by atoms with E-state index in [4.69, 9.17) is 4.74 Å². The second kappa shape index (κ2) is 9.25. The van der Waals surface area contributed by atoms with Crippen LogP contribution >= 0.6 is 11.3 Å². The molecule has 2 amide bonds. The molecular weight excluding hydrogens is 367 g/mol. The molecule has 146 valence electrons. The molecule has 1 saturated heterocycles. The number of hydrogen-bond acceptors (Lipinski definition) is 5. The largest absolute Gasteiger partial charge is 0.379 e. The van der Waals surface area contributed by atoms with E-state index in [1.807, 2.05) is 25.3 Å². The number of rotatable bonds is 6. The number of nitrogens with zero attached hydrogens (tertiary/aromatic N) is 2. The van der Waals surface area contributed by atoms with Gasteiger partial charge in [-0.05, 0) is 31.5 Å². The van der Waals surface area contributed by atoms with Gasteiger partial charge in [-0.1, -0.05) is 12.1 Å². The molecule has 2 unspecified atom stereocenters. The third-order valence-corrected chi connectivity index (χ3v) is 5.68. The summed E-state index contributed by atoms with van der Waals surface area (Å²) in [6.07, 6.45) is 0. The minimum atomic E-state index is -0.275. The first-order valence-electron chi connectivity index (χ1n) is 9.06. The standard InChI is InChI=1S/C19H25FN4O2S/c1-13-12-27-18(22-13)14(2)23-19(25)21-11-17(24-6-8-26-9-7-24)15-4-3-5-16(20)10-15/h3-5,10,12,14,17H,6-9,11H2,1-2H3,(H2,21,23,25). The minimum Gasteiger partial charge on any atom is -0.379 e. The van der Waals surface area contributed by atoms with Gasteiger partial charge in [-0.3, -0.25) is 4.90 Å². The van der Waals surface area contributed by atoms with Crippen molar-refractivity contribution in [1.82, 2.24) is 20.5 Å². The molecule has 1 aromatic carbocycles. The molecule has 0 saturated carbocycles. The van der Waals surface area contributed by atoms with Crippen LogP contribution in [0.25, 0.3) is 0 Å². The summed E-state index contributed by atoms with van der Waals surface area (Å²) >= 11 is 1.53. The Morgan fingerprint density at radius 3 is 2.85 bits per heavy atom. The number of hydrogen-bond donors (Lipinski definition) is 2. The van der Waals surface area contributed by atoms with Crippen LogP contribution in [-0.4, -0.2) is 48.8 Å². The van der Waals surface area contributed by atoms with Gasteiger partial charge in [0.05, 0.1) is 25.3 Å². The molecule has 1 aliphatic heterocycles. The zero-order valence-electron chi connectivity index (χ0n) is 15.6. The highest BCUT2D eigenvalue weighted by Crippen LogP contribution is 2.22. The number of thiazole rings is 1. The van der Waals surface area contributed by atoms with Gasteiger partial charge in [0.1, 0.15) is 10.8 Å². The summed E-state index contributed by atoms with van der Waals surface area (Å²) in [7, 11) is 0. The van der Waals surface area contributed by atoms with Gasteiger partial charge in [-0.25, -0.2) is 14.2 Å². The molecule has 0 spiro atoms. The van der Waals surface area contributed by atoms with E-state index in [9.17, 15) is 9.18 Å². The zero-order chi connectivity index (χ0) is 19.2. The molecular formula is C19H25FN4O2S. The topological polar surface area (TPSA) is 66.5 Å². The van der Waals surface area contributed by atoms with Gasteiger partial charge < -0.3 is 15.4 Å². The first-order valence-corrected chi connectivity index (χ1v) is 9.94. The van der Waals surface area contributed by atoms with Crippen LogP contribution in [0.3, 0.4) is 0 Å². The number of ether oxygens (including phenoxy) is 1. The maximum atomic E-state index is 13.7. The number of nitrogens with one attached hydrogen (secondary N) is 2. The van der Waals surface area contributed by atoms with Crippen molar-refractivity contribution < 1.29 is 13.9 Å². The summed E-state index contributed by atoms with van der Waals surface area (Å²) in [5.41, 5.74) is 1.79. The van der Waals surface area contributed by atoms with Gasteiger partial charge in [-0.2, -0.15) is 0 Å². The average molecular weight is 393 g/mol. The van der Waals surface area contributed by atoms with Crippen LogP contribution in [0.4, 0.5) is 9.18 Å². The van der Waals surface area contributed by atoms with E-state index in [1.54, 1.807) is 6.07 Å². The van der Waals surface area contributed by atoms with Crippen molar-refractivity contribution >= 4 is 17.4 Å². The Morgan fingerprint density at radius 2 is 2.19 bits per heavy atom. The third-order valence-electron chi connectivity index (χ3n) is 4.53. The Hall–Kier alpha value is -2.03. The zero-order valence-corrected chi connectivity index (χ0v) is 16.4. The van der Waals surface area contributed by atoms with Crippen molar-refractivity contribution in [2.24, 2.45) is 0 Å². The fraction of sp³-hybridized carbons (Fsp3) is 0.474. The maximum Gasteiger partial charge on any atom is 0.315 e. The Bertz CT molecular complexity index is 764. The summed E-state index contributed by atoms with van der Waals surface area (Å²) in [5.74, 6) is -0.275. The first-order chi connectivity index (χ1) is 13.0. The van der Waals surface area contributed by atoms with Crippen LogP contribution in [0, 0.1) is 12.7 Å². The molecule has 2 aromatic rings. The molecule has 1 aliphatic rings. The van der Waals surface area contributed by atoms with E-state index in [0.717, 1.165) is 29.4 Å². The predicted molar refractivity (Wildman–Crippen MR) is 103 cm³/mol. The number of morpholine rings is 1. The Balaban J connectivity index is 1.62. The first kappa shape index (κ1) is 19.7. The lowest BCUT2D eigenvalue weighted by atomic mass is 10.0. The molecule has 2 N–H and O–H groups in total. The summed E-state index contributed by atoms with van der Waals surface area (Å²) in [6.45, 7) is 7.00. The van der Waals surface area contributed by atoms with E-state index in [0.29, 0.717) is 19.8 Å². The molecule has 0 radical (unpaired) electrons. The highest BCUT2D eigenvalue weighted by atomic mass is 32.1. The fourth-order valence-electron chi connectivity index (χ4n) is 3.13. The highest BCUT2D eigenvalue weighted by molar-refractivity contribution is 7.09. The van der Waals surface area contributed by atoms with Crippen molar-refractivity contribution in [3.8, 4) is 0 Å². The highest BCUT2D eigenvalue weighted by Gasteiger charge is 2.24.